The molecule has 7 nitrogen and oxygen atoms in total. The minimum Gasteiger partial charge on any atom is -0.355 e. The number of hydrogen-bond acceptors (Lipinski definition) is 5. The molecule has 0 unspecified atom stereocenters. The lowest BCUT2D eigenvalue weighted by Gasteiger charge is -2.33. The average molecular weight is 350 g/mol. The van der Waals surface area contributed by atoms with E-state index in [0.29, 0.717) is 5.69 Å². The van der Waals surface area contributed by atoms with E-state index in [1.807, 2.05) is 43.5 Å². The highest BCUT2D eigenvalue weighted by Crippen LogP contribution is 2.20. The van der Waals surface area contributed by atoms with E-state index in [9.17, 15) is 4.79 Å². The van der Waals surface area contributed by atoms with Crippen LogP contribution in [0.15, 0.2) is 36.5 Å². The summed E-state index contributed by atoms with van der Waals surface area (Å²) in [6.45, 7) is 3.59. The number of aryl methyl sites for hydroxylation is 2. The van der Waals surface area contributed by atoms with E-state index in [1.165, 1.54) is 0 Å². The standard InChI is InChI=1S/C19H22N6O/c1-13-11-17(24(2)23-13)19(26)21-14-7-9-25(10-8-14)18-12-20-15-5-3-4-6-16(15)22-18/h3-6,11-12,14H,7-10H2,1-2H3,(H,21,26). The van der Waals surface area contributed by atoms with Crippen molar-refractivity contribution >= 4 is 22.8 Å². The highest BCUT2D eigenvalue weighted by atomic mass is 16.2. The maximum atomic E-state index is 12.4. The van der Waals surface area contributed by atoms with Gasteiger partial charge in [-0.25, -0.2) is 4.98 Å². The zero-order valence-electron chi connectivity index (χ0n) is 15.0. The fourth-order valence-corrected chi connectivity index (χ4v) is 3.44. The average Bonchev–Trinajstić information content (AvgIpc) is 3.00. The lowest BCUT2D eigenvalue weighted by Crippen LogP contribution is -2.45. The van der Waals surface area contributed by atoms with Crippen LogP contribution in [0.1, 0.15) is 29.0 Å². The molecule has 26 heavy (non-hydrogen) atoms. The van der Waals surface area contributed by atoms with E-state index < -0.39 is 0 Å². The van der Waals surface area contributed by atoms with Gasteiger partial charge in [0.1, 0.15) is 11.5 Å². The molecule has 0 saturated carbocycles. The molecule has 0 spiro atoms. The van der Waals surface area contributed by atoms with Crippen LogP contribution in [0.4, 0.5) is 5.82 Å². The molecule has 3 aromatic rings. The van der Waals surface area contributed by atoms with Crippen LogP contribution in [0.25, 0.3) is 11.0 Å². The Labute approximate surface area is 152 Å². The number of hydrogen-bond donors (Lipinski definition) is 1. The monoisotopic (exact) mass is 350 g/mol. The summed E-state index contributed by atoms with van der Waals surface area (Å²) in [7, 11) is 1.79. The summed E-state index contributed by atoms with van der Waals surface area (Å²) < 4.78 is 1.63. The topological polar surface area (TPSA) is 75.9 Å². The Bertz CT molecular complexity index is 942. The summed E-state index contributed by atoms with van der Waals surface area (Å²) in [6.07, 6.45) is 3.60. The summed E-state index contributed by atoms with van der Waals surface area (Å²) >= 11 is 0. The Kier molecular flexibility index (Phi) is 4.28. The third kappa shape index (κ3) is 3.24. The Balaban J connectivity index is 1.39. The molecule has 0 bridgehead atoms. The van der Waals surface area contributed by atoms with Gasteiger partial charge >= 0.3 is 0 Å². The van der Waals surface area contributed by atoms with Crippen molar-refractivity contribution < 1.29 is 4.79 Å². The van der Waals surface area contributed by atoms with Crippen molar-refractivity contribution in [2.24, 2.45) is 7.05 Å². The van der Waals surface area contributed by atoms with Crippen LogP contribution in [0.5, 0.6) is 0 Å². The van der Waals surface area contributed by atoms with E-state index >= 15 is 0 Å². The molecule has 1 aliphatic rings. The molecule has 2 aromatic heterocycles. The fraction of sp³-hybridized carbons (Fsp3) is 0.368. The molecule has 134 valence electrons. The van der Waals surface area contributed by atoms with E-state index in [-0.39, 0.29) is 11.9 Å². The van der Waals surface area contributed by atoms with Crippen LogP contribution in [0.2, 0.25) is 0 Å². The Hall–Kier alpha value is -2.96. The van der Waals surface area contributed by atoms with Gasteiger partial charge in [-0.1, -0.05) is 12.1 Å². The zero-order chi connectivity index (χ0) is 18.1. The molecular formula is C19H22N6O. The summed E-state index contributed by atoms with van der Waals surface area (Å²) in [6, 6.07) is 9.87. The van der Waals surface area contributed by atoms with Crippen LogP contribution in [-0.2, 0) is 7.05 Å². The molecule has 1 N–H and O–H groups in total. The quantitative estimate of drug-likeness (QED) is 0.783. The second-order valence-corrected chi connectivity index (χ2v) is 6.75. The number of fused-ring (bicyclic) bond motifs is 1. The molecule has 3 heterocycles. The summed E-state index contributed by atoms with van der Waals surface area (Å²) in [5.41, 5.74) is 3.27. The van der Waals surface area contributed by atoms with Gasteiger partial charge < -0.3 is 10.2 Å². The van der Waals surface area contributed by atoms with Crippen molar-refractivity contribution in [1.82, 2.24) is 25.1 Å². The number of para-hydroxylation sites is 2. The molecule has 4 rings (SSSR count). The van der Waals surface area contributed by atoms with Crippen LogP contribution in [0, 0.1) is 6.92 Å². The normalized spacial score (nSPS) is 15.4. The van der Waals surface area contributed by atoms with E-state index in [1.54, 1.807) is 11.7 Å². The highest BCUT2D eigenvalue weighted by molar-refractivity contribution is 5.92. The molecule has 7 heteroatoms. The van der Waals surface area contributed by atoms with Gasteiger partial charge in [-0.2, -0.15) is 5.10 Å². The SMILES string of the molecule is Cc1cc(C(=O)NC2CCN(c3cnc4ccccc4n3)CC2)n(C)n1. The number of anilines is 1. The lowest BCUT2D eigenvalue weighted by atomic mass is 10.0. The first-order chi connectivity index (χ1) is 12.6. The number of piperidine rings is 1. The van der Waals surface area contributed by atoms with Crippen molar-refractivity contribution in [1.29, 1.82) is 0 Å². The fourth-order valence-electron chi connectivity index (χ4n) is 3.44. The van der Waals surface area contributed by atoms with Crippen molar-refractivity contribution in [2.75, 3.05) is 18.0 Å². The number of nitrogens with zero attached hydrogens (tertiary/aromatic N) is 5. The van der Waals surface area contributed by atoms with Gasteiger partial charge in [0.2, 0.25) is 0 Å². The zero-order valence-corrected chi connectivity index (χ0v) is 15.0. The minimum atomic E-state index is -0.0583. The Morgan fingerprint density at radius 1 is 1.19 bits per heavy atom. The number of benzene rings is 1. The third-order valence-corrected chi connectivity index (χ3v) is 4.82. The second-order valence-electron chi connectivity index (χ2n) is 6.75. The first-order valence-electron chi connectivity index (χ1n) is 8.88. The Morgan fingerprint density at radius 3 is 2.62 bits per heavy atom. The van der Waals surface area contributed by atoms with E-state index in [2.05, 4.69) is 20.3 Å². The molecule has 0 radical (unpaired) electrons. The molecule has 1 amide bonds. The van der Waals surface area contributed by atoms with Gasteiger partial charge in [0.15, 0.2) is 0 Å². The van der Waals surface area contributed by atoms with Gasteiger partial charge in [-0.3, -0.25) is 14.5 Å². The van der Waals surface area contributed by atoms with Crippen molar-refractivity contribution in [3.8, 4) is 0 Å². The summed E-state index contributed by atoms with van der Waals surface area (Å²) in [5, 5.41) is 7.36. The number of aromatic nitrogens is 4. The maximum absolute atomic E-state index is 12.4. The molecule has 1 aliphatic heterocycles. The predicted octanol–water partition coefficient (Wildman–Crippen LogP) is 2.07. The molecule has 1 saturated heterocycles. The number of carbonyl (C=O) groups excluding carboxylic acids is 1. The van der Waals surface area contributed by atoms with E-state index in [0.717, 1.165) is 48.5 Å². The first kappa shape index (κ1) is 16.5. The van der Waals surface area contributed by atoms with E-state index in [4.69, 9.17) is 4.98 Å². The first-order valence-corrected chi connectivity index (χ1v) is 8.88. The maximum Gasteiger partial charge on any atom is 0.269 e. The van der Waals surface area contributed by atoms with Gasteiger partial charge in [-0.05, 0) is 38.0 Å². The number of nitrogens with one attached hydrogen (secondary N) is 1. The number of carbonyl (C=O) groups is 1. The molecule has 1 fully saturated rings. The number of amides is 1. The lowest BCUT2D eigenvalue weighted by molar-refractivity contribution is 0.0921. The van der Waals surface area contributed by atoms with Crippen molar-refractivity contribution in [2.45, 2.75) is 25.8 Å². The predicted molar refractivity (Wildman–Crippen MR) is 100 cm³/mol. The minimum absolute atomic E-state index is 0.0583. The second kappa shape index (κ2) is 6.74. The molecule has 0 aliphatic carbocycles. The van der Waals surface area contributed by atoms with Gasteiger partial charge in [0, 0.05) is 26.2 Å². The summed E-state index contributed by atoms with van der Waals surface area (Å²) in [4.78, 5) is 23.9. The van der Waals surface area contributed by atoms with Gasteiger partial charge in [-0.15, -0.1) is 0 Å². The van der Waals surface area contributed by atoms with Crippen LogP contribution < -0.4 is 10.2 Å². The largest absolute Gasteiger partial charge is 0.355 e. The van der Waals surface area contributed by atoms with Crippen molar-refractivity contribution in [3.05, 3.63) is 47.9 Å². The molecule has 0 atom stereocenters. The summed E-state index contributed by atoms with van der Waals surface area (Å²) in [5.74, 6) is 0.841. The van der Waals surface area contributed by atoms with Gasteiger partial charge in [0.25, 0.3) is 5.91 Å². The highest BCUT2D eigenvalue weighted by Gasteiger charge is 2.23. The van der Waals surface area contributed by atoms with Gasteiger partial charge in [0.05, 0.1) is 22.9 Å². The molecule has 1 aromatic carbocycles. The smallest absolute Gasteiger partial charge is 0.269 e. The number of rotatable bonds is 3. The van der Waals surface area contributed by atoms with Crippen LogP contribution in [0.3, 0.4) is 0 Å². The van der Waals surface area contributed by atoms with Crippen molar-refractivity contribution in [3.63, 3.8) is 0 Å². The Morgan fingerprint density at radius 2 is 1.92 bits per heavy atom. The van der Waals surface area contributed by atoms with Crippen LogP contribution in [-0.4, -0.2) is 44.8 Å². The van der Waals surface area contributed by atoms with Crippen LogP contribution >= 0.6 is 0 Å². The molecular weight excluding hydrogens is 328 g/mol. The third-order valence-electron chi connectivity index (χ3n) is 4.82.